The Hall–Kier alpha value is -1.28. The first kappa shape index (κ1) is 16.1. The standard InChI is InChI=1S/C15H17IN2O2S/c1-11(12-6-8-13(16)9-7-12)17-14-4-3-5-15(10-14)18-21(2,19)20/h3-11,17-18H,1-2H3. The number of hydrogen-bond donors (Lipinski definition) is 2. The minimum Gasteiger partial charge on any atom is -0.378 e. The molecule has 0 aliphatic rings. The Morgan fingerprint density at radius 2 is 1.67 bits per heavy atom. The van der Waals surface area contributed by atoms with Gasteiger partial charge in [0, 0.05) is 15.3 Å². The van der Waals surface area contributed by atoms with Gasteiger partial charge < -0.3 is 5.32 Å². The molecular formula is C15H17IN2O2S. The molecule has 2 N–H and O–H groups in total. The topological polar surface area (TPSA) is 58.2 Å². The molecule has 21 heavy (non-hydrogen) atoms. The third kappa shape index (κ3) is 5.20. The van der Waals surface area contributed by atoms with Crippen molar-refractivity contribution in [2.45, 2.75) is 13.0 Å². The zero-order chi connectivity index (χ0) is 15.5. The first-order valence-electron chi connectivity index (χ1n) is 6.43. The van der Waals surface area contributed by atoms with E-state index in [0.717, 1.165) is 11.9 Å². The largest absolute Gasteiger partial charge is 0.378 e. The number of anilines is 2. The predicted molar refractivity (Wildman–Crippen MR) is 96.1 cm³/mol. The van der Waals surface area contributed by atoms with Gasteiger partial charge in [-0.2, -0.15) is 0 Å². The molecular weight excluding hydrogens is 399 g/mol. The number of hydrogen-bond acceptors (Lipinski definition) is 3. The minimum absolute atomic E-state index is 0.135. The second-order valence-electron chi connectivity index (χ2n) is 4.87. The molecule has 112 valence electrons. The molecule has 0 fully saturated rings. The number of sulfonamides is 1. The Balaban J connectivity index is 2.12. The summed E-state index contributed by atoms with van der Waals surface area (Å²) in [5.41, 5.74) is 2.60. The van der Waals surface area contributed by atoms with Crippen LogP contribution in [0.5, 0.6) is 0 Å². The van der Waals surface area contributed by atoms with E-state index in [1.165, 1.54) is 9.13 Å². The maximum atomic E-state index is 11.3. The summed E-state index contributed by atoms with van der Waals surface area (Å²) in [6.45, 7) is 2.07. The van der Waals surface area contributed by atoms with Gasteiger partial charge in [-0.25, -0.2) is 8.42 Å². The fourth-order valence-electron chi connectivity index (χ4n) is 1.97. The molecule has 0 bridgehead atoms. The molecule has 2 aromatic carbocycles. The molecule has 0 heterocycles. The van der Waals surface area contributed by atoms with E-state index in [-0.39, 0.29) is 6.04 Å². The van der Waals surface area contributed by atoms with Crippen LogP contribution in [0.2, 0.25) is 0 Å². The van der Waals surface area contributed by atoms with Crippen molar-refractivity contribution in [3.63, 3.8) is 0 Å². The van der Waals surface area contributed by atoms with E-state index in [1.54, 1.807) is 12.1 Å². The van der Waals surface area contributed by atoms with Gasteiger partial charge in [-0.3, -0.25) is 4.72 Å². The third-order valence-electron chi connectivity index (χ3n) is 2.92. The Morgan fingerprint density at radius 3 is 2.29 bits per heavy atom. The molecule has 1 atom stereocenters. The number of benzene rings is 2. The molecule has 2 aromatic rings. The van der Waals surface area contributed by atoms with Crippen molar-refractivity contribution in [1.29, 1.82) is 0 Å². The second-order valence-corrected chi connectivity index (χ2v) is 7.87. The van der Waals surface area contributed by atoms with Crippen LogP contribution >= 0.6 is 22.6 Å². The highest BCUT2D eigenvalue weighted by atomic mass is 127. The number of nitrogens with one attached hydrogen (secondary N) is 2. The summed E-state index contributed by atoms with van der Waals surface area (Å²) < 4.78 is 26.2. The minimum atomic E-state index is -3.26. The van der Waals surface area contributed by atoms with E-state index in [4.69, 9.17) is 0 Å². The molecule has 0 amide bonds. The van der Waals surface area contributed by atoms with E-state index >= 15 is 0 Å². The lowest BCUT2D eigenvalue weighted by atomic mass is 10.1. The smallest absolute Gasteiger partial charge is 0.229 e. The first-order valence-corrected chi connectivity index (χ1v) is 9.40. The summed E-state index contributed by atoms with van der Waals surface area (Å²) in [6.07, 6.45) is 1.14. The summed E-state index contributed by atoms with van der Waals surface area (Å²) in [7, 11) is -3.26. The summed E-state index contributed by atoms with van der Waals surface area (Å²) >= 11 is 2.27. The van der Waals surface area contributed by atoms with Crippen molar-refractivity contribution in [2.75, 3.05) is 16.3 Å². The van der Waals surface area contributed by atoms with E-state index in [1.807, 2.05) is 12.1 Å². The van der Waals surface area contributed by atoms with Gasteiger partial charge in [-0.1, -0.05) is 18.2 Å². The zero-order valence-electron chi connectivity index (χ0n) is 11.8. The summed E-state index contributed by atoms with van der Waals surface area (Å²) in [4.78, 5) is 0. The molecule has 4 nitrogen and oxygen atoms in total. The first-order chi connectivity index (χ1) is 9.83. The van der Waals surface area contributed by atoms with Crippen molar-refractivity contribution in [2.24, 2.45) is 0 Å². The highest BCUT2D eigenvalue weighted by Gasteiger charge is 2.07. The monoisotopic (exact) mass is 416 g/mol. The van der Waals surface area contributed by atoms with Gasteiger partial charge in [0.1, 0.15) is 0 Å². The molecule has 0 aliphatic heterocycles. The lowest BCUT2D eigenvalue weighted by molar-refractivity contribution is 0.607. The molecule has 0 saturated heterocycles. The van der Waals surface area contributed by atoms with Crippen molar-refractivity contribution < 1.29 is 8.42 Å². The number of halogens is 1. The van der Waals surface area contributed by atoms with Crippen LogP contribution in [0.3, 0.4) is 0 Å². The summed E-state index contributed by atoms with van der Waals surface area (Å²) in [6, 6.07) is 15.7. The van der Waals surface area contributed by atoms with E-state index < -0.39 is 10.0 Å². The molecule has 0 spiro atoms. The van der Waals surface area contributed by atoms with Crippen LogP contribution in [0.4, 0.5) is 11.4 Å². The van der Waals surface area contributed by atoms with E-state index in [2.05, 4.69) is 63.8 Å². The van der Waals surface area contributed by atoms with Gasteiger partial charge in [0.05, 0.1) is 11.9 Å². The van der Waals surface area contributed by atoms with Crippen LogP contribution < -0.4 is 10.0 Å². The molecule has 0 aromatic heterocycles. The van der Waals surface area contributed by atoms with Gasteiger partial charge in [0.15, 0.2) is 0 Å². The van der Waals surface area contributed by atoms with Gasteiger partial charge in [-0.05, 0) is 65.4 Å². The quantitative estimate of drug-likeness (QED) is 0.729. The molecule has 6 heteroatoms. The fraction of sp³-hybridized carbons (Fsp3) is 0.200. The lowest BCUT2D eigenvalue weighted by Gasteiger charge is -2.16. The van der Waals surface area contributed by atoms with Crippen LogP contribution in [0.25, 0.3) is 0 Å². The Kier molecular flexibility index (Phi) is 5.10. The predicted octanol–water partition coefficient (Wildman–Crippen LogP) is 3.84. The van der Waals surface area contributed by atoms with Crippen LogP contribution in [0, 0.1) is 3.57 Å². The maximum Gasteiger partial charge on any atom is 0.229 e. The van der Waals surface area contributed by atoms with Crippen LogP contribution in [0.15, 0.2) is 48.5 Å². The van der Waals surface area contributed by atoms with Gasteiger partial charge in [-0.15, -0.1) is 0 Å². The van der Waals surface area contributed by atoms with Crippen LogP contribution in [0.1, 0.15) is 18.5 Å². The van der Waals surface area contributed by atoms with Gasteiger partial charge >= 0.3 is 0 Å². The average Bonchev–Trinajstić information content (AvgIpc) is 2.37. The Bertz CT molecular complexity index is 715. The van der Waals surface area contributed by atoms with Crippen LogP contribution in [-0.4, -0.2) is 14.7 Å². The molecule has 0 saturated carbocycles. The maximum absolute atomic E-state index is 11.3. The second kappa shape index (κ2) is 6.65. The molecule has 2 rings (SSSR count). The summed E-state index contributed by atoms with van der Waals surface area (Å²) in [5, 5.41) is 3.37. The van der Waals surface area contributed by atoms with Crippen LogP contribution in [-0.2, 0) is 10.0 Å². The summed E-state index contributed by atoms with van der Waals surface area (Å²) in [5.74, 6) is 0. The third-order valence-corrected chi connectivity index (χ3v) is 4.24. The molecule has 0 aliphatic carbocycles. The number of rotatable bonds is 5. The van der Waals surface area contributed by atoms with Gasteiger partial charge in [0.2, 0.25) is 10.0 Å². The molecule has 1 unspecified atom stereocenters. The van der Waals surface area contributed by atoms with E-state index in [0.29, 0.717) is 5.69 Å². The Morgan fingerprint density at radius 1 is 1.05 bits per heavy atom. The zero-order valence-corrected chi connectivity index (χ0v) is 14.8. The normalized spacial score (nSPS) is 12.7. The SMILES string of the molecule is CC(Nc1cccc(NS(C)(=O)=O)c1)c1ccc(I)cc1. The lowest BCUT2D eigenvalue weighted by Crippen LogP contribution is -2.10. The van der Waals surface area contributed by atoms with Crippen molar-refractivity contribution in [3.05, 3.63) is 57.7 Å². The highest BCUT2D eigenvalue weighted by Crippen LogP contribution is 2.22. The van der Waals surface area contributed by atoms with Gasteiger partial charge in [0.25, 0.3) is 0 Å². The van der Waals surface area contributed by atoms with Crippen molar-refractivity contribution >= 4 is 44.0 Å². The fourth-order valence-corrected chi connectivity index (χ4v) is 2.89. The van der Waals surface area contributed by atoms with E-state index in [9.17, 15) is 8.42 Å². The van der Waals surface area contributed by atoms with Crippen molar-refractivity contribution in [1.82, 2.24) is 0 Å². The molecule has 0 radical (unpaired) electrons. The van der Waals surface area contributed by atoms with Crippen molar-refractivity contribution in [3.8, 4) is 0 Å². The Labute approximate surface area is 139 Å². The average molecular weight is 416 g/mol. The highest BCUT2D eigenvalue weighted by molar-refractivity contribution is 14.1.